The van der Waals surface area contributed by atoms with E-state index in [1.54, 1.807) is 19.9 Å². The smallest absolute Gasteiger partial charge is 0.303 e. The molecule has 8 heteroatoms. The Hall–Kier alpha value is -2.00. The van der Waals surface area contributed by atoms with Crippen LogP contribution in [0.3, 0.4) is 0 Å². The van der Waals surface area contributed by atoms with Crippen molar-refractivity contribution in [2.45, 2.75) is 122 Å². The molecule has 0 saturated carbocycles. The lowest BCUT2D eigenvalue weighted by molar-refractivity contribution is -0.171. The van der Waals surface area contributed by atoms with Crippen LogP contribution in [0, 0.1) is 5.92 Å². The standard InChI is InChI=1S/C29H45NO7/c1-18(10-12-24-26(33)29(17-34-29)16-28(7,8)37-24)9-11-23-19(2)15-22(20(3)35-23)30-25(32)13-14-27(5,6)36-21(4)31/h9-10,12-14,19-20,22-24,26,33H,11,15-17H2,1-8H3,(H,30,32)/t19-,20+,22?,23-,24+,26+,29+/m0/s1. The first-order valence-corrected chi connectivity index (χ1v) is 13.3. The first-order chi connectivity index (χ1) is 17.1. The minimum absolute atomic E-state index is 0.0449. The Morgan fingerprint density at radius 1 is 1.19 bits per heavy atom. The molecule has 0 aliphatic carbocycles. The van der Waals surface area contributed by atoms with Gasteiger partial charge in [-0.25, -0.2) is 0 Å². The molecule has 3 heterocycles. The third kappa shape index (κ3) is 8.24. The molecular weight excluding hydrogens is 474 g/mol. The van der Waals surface area contributed by atoms with Crippen LogP contribution >= 0.6 is 0 Å². The predicted molar refractivity (Wildman–Crippen MR) is 141 cm³/mol. The molecule has 3 aliphatic rings. The Balaban J connectivity index is 1.50. The van der Waals surface area contributed by atoms with Gasteiger partial charge in [0, 0.05) is 19.4 Å². The van der Waals surface area contributed by atoms with E-state index in [4.69, 9.17) is 18.9 Å². The second kappa shape index (κ2) is 11.4. The summed E-state index contributed by atoms with van der Waals surface area (Å²) in [6.07, 6.45) is 10.2. The van der Waals surface area contributed by atoms with Crippen molar-refractivity contribution >= 4 is 11.9 Å². The number of esters is 1. The quantitative estimate of drug-likeness (QED) is 0.218. The van der Waals surface area contributed by atoms with Crippen molar-refractivity contribution in [2.75, 3.05) is 6.61 Å². The van der Waals surface area contributed by atoms with Crippen LogP contribution in [0.5, 0.6) is 0 Å². The van der Waals surface area contributed by atoms with E-state index in [2.05, 4.69) is 18.3 Å². The molecule has 0 aromatic rings. The molecule has 3 rings (SSSR count). The van der Waals surface area contributed by atoms with Gasteiger partial charge in [0.25, 0.3) is 0 Å². The number of aliphatic hydroxyl groups is 1. The summed E-state index contributed by atoms with van der Waals surface area (Å²) in [6, 6.07) is -0.101. The fourth-order valence-corrected chi connectivity index (χ4v) is 5.35. The van der Waals surface area contributed by atoms with Crippen molar-refractivity contribution in [1.82, 2.24) is 5.32 Å². The summed E-state index contributed by atoms with van der Waals surface area (Å²) >= 11 is 0. The number of allylic oxidation sites excluding steroid dienone is 2. The summed E-state index contributed by atoms with van der Waals surface area (Å²) in [5.74, 6) is -0.373. The SMILES string of the molecule is CC(=O)OC(C)(C)C=CC(=O)NC1C[C@H](C)[C@H](CC=C(C)C=C[C@H]2OC(C)(C)C[C@@]3(CO3)[C@@H]2O)O[C@@H]1C. The maximum Gasteiger partial charge on any atom is 0.303 e. The van der Waals surface area contributed by atoms with E-state index >= 15 is 0 Å². The largest absolute Gasteiger partial charge is 0.456 e. The molecule has 0 bridgehead atoms. The van der Waals surface area contributed by atoms with E-state index in [0.717, 1.165) is 18.4 Å². The average molecular weight is 520 g/mol. The fourth-order valence-electron chi connectivity index (χ4n) is 5.35. The van der Waals surface area contributed by atoms with E-state index in [-0.39, 0.29) is 35.7 Å². The predicted octanol–water partition coefficient (Wildman–Crippen LogP) is 3.77. The van der Waals surface area contributed by atoms with Gasteiger partial charge in [0.1, 0.15) is 23.4 Å². The van der Waals surface area contributed by atoms with Crippen LogP contribution < -0.4 is 5.32 Å². The van der Waals surface area contributed by atoms with E-state index < -0.39 is 29.4 Å². The summed E-state index contributed by atoms with van der Waals surface area (Å²) in [5.41, 5.74) is -0.580. The third-order valence-electron chi connectivity index (χ3n) is 7.35. The van der Waals surface area contributed by atoms with Gasteiger partial charge in [0.2, 0.25) is 5.91 Å². The third-order valence-corrected chi connectivity index (χ3v) is 7.35. The van der Waals surface area contributed by atoms with Gasteiger partial charge in [-0.15, -0.1) is 0 Å². The van der Waals surface area contributed by atoms with E-state index in [0.29, 0.717) is 13.0 Å². The minimum Gasteiger partial charge on any atom is -0.456 e. The molecule has 3 saturated heterocycles. The first-order valence-electron chi connectivity index (χ1n) is 13.3. The van der Waals surface area contributed by atoms with Gasteiger partial charge in [-0.1, -0.05) is 30.7 Å². The monoisotopic (exact) mass is 519 g/mol. The zero-order valence-corrected chi connectivity index (χ0v) is 23.6. The van der Waals surface area contributed by atoms with Crippen molar-refractivity contribution in [1.29, 1.82) is 0 Å². The highest BCUT2D eigenvalue weighted by atomic mass is 16.6. The molecule has 2 N–H and O–H groups in total. The zero-order valence-electron chi connectivity index (χ0n) is 23.6. The zero-order chi connectivity index (χ0) is 27.6. The van der Waals surface area contributed by atoms with Gasteiger partial charge in [0.05, 0.1) is 30.5 Å². The van der Waals surface area contributed by atoms with Crippen LogP contribution in [0.2, 0.25) is 0 Å². The van der Waals surface area contributed by atoms with Crippen molar-refractivity contribution in [3.8, 4) is 0 Å². The van der Waals surface area contributed by atoms with Crippen molar-refractivity contribution in [2.24, 2.45) is 5.92 Å². The summed E-state index contributed by atoms with van der Waals surface area (Å²) in [6.45, 7) is 15.6. The van der Waals surface area contributed by atoms with Crippen molar-refractivity contribution in [3.63, 3.8) is 0 Å². The molecule has 0 aromatic carbocycles. The Morgan fingerprint density at radius 3 is 2.49 bits per heavy atom. The fraction of sp³-hybridized carbons (Fsp3) is 0.724. The highest BCUT2D eigenvalue weighted by Crippen LogP contribution is 2.46. The van der Waals surface area contributed by atoms with E-state index in [1.165, 1.54) is 13.0 Å². The maximum absolute atomic E-state index is 12.5. The van der Waals surface area contributed by atoms with E-state index in [1.807, 2.05) is 39.8 Å². The summed E-state index contributed by atoms with van der Waals surface area (Å²) < 4.78 is 23.2. The number of nitrogens with one attached hydrogen (secondary N) is 1. The lowest BCUT2D eigenvalue weighted by Crippen LogP contribution is -2.53. The van der Waals surface area contributed by atoms with Gasteiger partial charge in [-0.05, 0) is 66.4 Å². The van der Waals surface area contributed by atoms with Gasteiger partial charge < -0.3 is 29.4 Å². The Kier molecular flexibility index (Phi) is 9.10. The molecule has 3 aliphatic heterocycles. The summed E-state index contributed by atoms with van der Waals surface area (Å²) in [4.78, 5) is 23.7. The van der Waals surface area contributed by atoms with Crippen LogP contribution in [-0.4, -0.2) is 70.9 Å². The molecule has 8 nitrogen and oxygen atoms in total. The summed E-state index contributed by atoms with van der Waals surface area (Å²) in [5, 5.41) is 13.7. The topological polar surface area (TPSA) is 107 Å². The number of carbonyl (C=O) groups excluding carboxylic acids is 2. The van der Waals surface area contributed by atoms with Crippen LogP contribution in [0.4, 0.5) is 0 Å². The lowest BCUT2D eigenvalue weighted by atomic mass is 9.83. The minimum atomic E-state index is -0.848. The molecule has 0 radical (unpaired) electrons. The van der Waals surface area contributed by atoms with E-state index in [9.17, 15) is 14.7 Å². The average Bonchev–Trinajstić information content (AvgIpc) is 3.53. The molecule has 1 amide bonds. The molecule has 208 valence electrons. The first kappa shape index (κ1) is 29.6. The second-order valence-electron chi connectivity index (χ2n) is 12.1. The number of aliphatic hydroxyl groups excluding tert-OH is 1. The van der Waals surface area contributed by atoms with Gasteiger partial charge in [-0.3, -0.25) is 9.59 Å². The molecule has 37 heavy (non-hydrogen) atoms. The number of ether oxygens (including phenoxy) is 4. The molecule has 7 atom stereocenters. The number of hydrogen-bond donors (Lipinski definition) is 2. The Labute approximate surface area is 221 Å². The molecule has 1 unspecified atom stereocenters. The van der Waals surface area contributed by atoms with Crippen molar-refractivity contribution < 1.29 is 33.6 Å². The Morgan fingerprint density at radius 2 is 1.86 bits per heavy atom. The van der Waals surface area contributed by atoms with Crippen molar-refractivity contribution in [3.05, 3.63) is 36.0 Å². The van der Waals surface area contributed by atoms with Gasteiger partial charge >= 0.3 is 5.97 Å². The number of rotatable bonds is 8. The highest BCUT2D eigenvalue weighted by Gasteiger charge is 2.60. The van der Waals surface area contributed by atoms with Crippen LogP contribution in [0.1, 0.15) is 74.7 Å². The second-order valence-corrected chi connectivity index (χ2v) is 12.1. The van der Waals surface area contributed by atoms with Crippen LogP contribution in [0.15, 0.2) is 36.0 Å². The highest BCUT2D eigenvalue weighted by molar-refractivity contribution is 5.88. The number of hydrogen-bond acceptors (Lipinski definition) is 7. The molecule has 1 spiro atoms. The van der Waals surface area contributed by atoms with Crippen LogP contribution in [-0.2, 0) is 28.5 Å². The van der Waals surface area contributed by atoms with Gasteiger partial charge in [0.15, 0.2) is 0 Å². The van der Waals surface area contributed by atoms with Gasteiger partial charge in [-0.2, -0.15) is 0 Å². The van der Waals surface area contributed by atoms with Crippen LogP contribution in [0.25, 0.3) is 0 Å². The summed E-state index contributed by atoms with van der Waals surface area (Å²) in [7, 11) is 0. The number of amides is 1. The molecule has 3 fully saturated rings. The maximum atomic E-state index is 12.5. The number of epoxide rings is 1. The molecule has 0 aromatic heterocycles. The number of carbonyl (C=O) groups is 2. The molecular formula is C29H45NO7. The lowest BCUT2D eigenvalue weighted by Gasteiger charge is -2.41. The Bertz CT molecular complexity index is 931. The normalized spacial score (nSPS) is 36.2.